The summed E-state index contributed by atoms with van der Waals surface area (Å²) < 4.78 is 11.2. The first-order valence-corrected chi connectivity index (χ1v) is 10.5. The summed E-state index contributed by atoms with van der Waals surface area (Å²) in [5.74, 6) is 1.83. The minimum absolute atomic E-state index is 0.247. The molecule has 2 rings (SSSR count). The van der Waals surface area contributed by atoms with Gasteiger partial charge in [-0.1, -0.05) is 50.1 Å². The maximum Gasteiger partial charge on any atom is 0.137 e. The molecule has 0 bridgehead atoms. The fraction of sp³-hybridized carbons (Fsp3) is 0.458. The fourth-order valence-corrected chi connectivity index (χ4v) is 2.87. The number of ether oxygens (including phenoxy) is 2. The molecule has 0 aromatic heterocycles. The molecule has 0 spiro atoms. The first kappa shape index (κ1) is 22.9. The van der Waals surface area contributed by atoms with Gasteiger partial charge in [-0.3, -0.25) is 4.79 Å². The summed E-state index contributed by atoms with van der Waals surface area (Å²) in [4.78, 5) is 11.9. The van der Waals surface area contributed by atoms with E-state index in [1.54, 1.807) is 0 Å². The maximum absolute atomic E-state index is 11.9. The number of Topliss-reactive ketones (excluding diaryl/α,β-unsaturated/α-hetero) is 1. The Morgan fingerprint density at radius 1 is 1.00 bits per heavy atom. The molecule has 2 aromatic carbocycles. The van der Waals surface area contributed by atoms with Crippen LogP contribution in [0.15, 0.2) is 54.6 Å². The molecule has 5 nitrogen and oxygen atoms in total. The predicted octanol–water partition coefficient (Wildman–Crippen LogP) is 3.79. The van der Waals surface area contributed by atoms with E-state index in [1.807, 2.05) is 54.6 Å². The third kappa shape index (κ3) is 10.1. The Morgan fingerprint density at radius 2 is 1.72 bits per heavy atom. The zero-order valence-corrected chi connectivity index (χ0v) is 17.3. The molecule has 2 N–H and O–H groups in total. The molecular weight excluding hydrogens is 366 g/mol. The van der Waals surface area contributed by atoms with Gasteiger partial charge in [-0.2, -0.15) is 0 Å². The molecule has 0 heterocycles. The number of aliphatic hydroxyl groups is 1. The van der Waals surface area contributed by atoms with E-state index in [2.05, 4.69) is 12.2 Å². The van der Waals surface area contributed by atoms with Gasteiger partial charge < -0.3 is 19.9 Å². The van der Waals surface area contributed by atoms with Gasteiger partial charge in [-0.15, -0.1) is 0 Å². The highest BCUT2D eigenvalue weighted by atomic mass is 16.5. The molecule has 0 amide bonds. The Hall–Kier alpha value is -2.37. The molecule has 0 saturated carbocycles. The van der Waals surface area contributed by atoms with Crippen LogP contribution in [0, 0.1) is 0 Å². The molecule has 2 aromatic rings. The largest absolute Gasteiger partial charge is 0.492 e. The zero-order valence-electron chi connectivity index (χ0n) is 17.3. The summed E-state index contributed by atoms with van der Waals surface area (Å²) in [6.45, 7) is 3.95. The van der Waals surface area contributed by atoms with Crippen LogP contribution >= 0.6 is 0 Å². The predicted molar refractivity (Wildman–Crippen MR) is 116 cm³/mol. The van der Waals surface area contributed by atoms with E-state index in [4.69, 9.17) is 9.47 Å². The van der Waals surface area contributed by atoms with Crippen molar-refractivity contribution in [2.24, 2.45) is 0 Å². The third-order valence-electron chi connectivity index (χ3n) is 4.50. The first-order valence-electron chi connectivity index (χ1n) is 10.5. The number of rotatable bonds is 15. The Bertz CT molecular complexity index is 688. The maximum atomic E-state index is 11.9. The molecule has 0 radical (unpaired) electrons. The van der Waals surface area contributed by atoms with Crippen LogP contribution in [0.5, 0.6) is 11.5 Å². The van der Waals surface area contributed by atoms with Gasteiger partial charge in [0.15, 0.2) is 0 Å². The van der Waals surface area contributed by atoms with Crippen molar-refractivity contribution in [1.82, 2.24) is 5.32 Å². The second-order valence-electron chi connectivity index (χ2n) is 7.15. The van der Waals surface area contributed by atoms with Crippen molar-refractivity contribution in [1.29, 1.82) is 0 Å². The van der Waals surface area contributed by atoms with E-state index >= 15 is 0 Å². The average molecular weight is 400 g/mol. The number of carbonyl (C=O) groups is 1. The number of nitrogens with one attached hydrogen (secondary N) is 1. The van der Waals surface area contributed by atoms with Crippen LogP contribution in [0.2, 0.25) is 0 Å². The topological polar surface area (TPSA) is 67.8 Å². The Balaban J connectivity index is 1.55. The van der Waals surface area contributed by atoms with Crippen LogP contribution in [0.1, 0.15) is 38.2 Å². The van der Waals surface area contributed by atoms with E-state index in [9.17, 15) is 9.90 Å². The van der Waals surface area contributed by atoms with E-state index < -0.39 is 6.10 Å². The number of carbonyl (C=O) groups excluding carboxylic acids is 1. The number of hydrogen-bond acceptors (Lipinski definition) is 5. The van der Waals surface area contributed by atoms with Crippen LogP contribution in [0.4, 0.5) is 0 Å². The van der Waals surface area contributed by atoms with Crippen LogP contribution < -0.4 is 14.8 Å². The third-order valence-corrected chi connectivity index (χ3v) is 4.50. The van der Waals surface area contributed by atoms with E-state index in [0.717, 1.165) is 36.3 Å². The molecular formula is C24H33NO4. The zero-order chi connectivity index (χ0) is 20.7. The summed E-state index contributed by atoms with van der Waals surface area (Å²) in [5, 5.41) is 13.1. The Morgan fingerprint density at radius 3 is 2.45 bits per heavy atom. The number of benzene rings is 2. The molecule has 158 valence electrons. The molecule has 0 aliphatic carbocycles. The van der Waals surface area contributed by atoms with Crippen molar-refractivity contribution >= 4 is 5.78 Å². The van der Waals surface area contributed by atoms with Crippen molar-refractivity contribution in [2.45, 2.75) is 45.1 Å². The highest BCUT2D eigenvalue weighted by Gasteiger charge is 2.06. The van der Waals surface area contributed by atoms with Crippen molar-refractivity contribution < 1.29 is 19.4 Å². The van der Waals surface area contributed by atoms with Crippen LogP contribution in [-0.2, 0) is 11.2 Å². The number of aliphatic hydroxyl groups excluding tert-OH is 1. The van der Waals surface area contributed by atoms with Crippen LogP contribution in [0.3, 0.4) is 0 Å². The number of unbranched alkanes of at least 4 members (excludes halogenated alkanes) is 2. The number of para-hydroxylation sites is 1. The van der Waals surface area contributed by atoms with Crippen molar-refractivity contribution in [2.75, 3.05) is 26.3 Å². The van der Waals surface area contributed by atoms with Gasteiger partial charge in [-0.25, -0.2) is 0 Å². The highest BCUT2D eigenvalue weighted by molar-refractivity contribution is 5.80. The van der Waals surface area contributed by atoms with Gasteiger partial charge in [0.1, 0.15) is 36.6 Å². The number of hydrogen-bond donors (Lipinski definition) is 2. The smallest absolute Gasteiger partial charge is 0.137 e. The quantitative estimate of drug-likeness (QED) is 0.446. The molecule has 5 heteroatoms. The molecule has 1 unspecified atom stereocenters. The SMILES string of the molecule is CCCCCC(=O)Cc1ccc(OCCNCC(O)COc2ccccc2)cc1. The van der Waals surface area contributed by atoms with Gasteiger partial charge in [0, 0.05) is 25.9 Å². The minimum Gasteiger partial charge on any atom is -0.492 e. The molecule has 1 atom stereocenters. The van der Waals surface area contributed by atoms with Crippen molar-refractivity contribution in [3.8, 4) is 11.5 Å². The lowest BCUT2D eigenvalue weighted by atomic mass is 10.0. The normalized spacial score (nSPS) is 11.8. The van der Waals surface area contributed by atoms with Gasteiger partial charge in [0.05, 0.1) is 0 Å². The van der Waals surface area contributed by atoms with Crippen LogP contribution in [0.25, 0.3) is 0 Å². The molecule has 0 fully saturated rings. The first-order chi connectivity index (χ1) is 14.2. The van der Waals surface area contributed by atoms with Gasteiger partial charge in [-0.05, 0) is 36.2 Å². The fourth-order valence-electron chi connectivity index (χ4n) is 2.87. The number of ketones is 1. The monoisotopic (exact) mass is 399 g/mol. The minimum atomic E-state index is -0.579. The highest BCUT2D eigenvalue weighted by Crippen LogP contribution is 2.14. The molecule has 0 saturated heterocycles. The summed E-state index contributed by atoms with van der Waals surface area (Å²) in [7, 11) is 0. The summed E-state index contributed by atoms with van der Waals surface area (Å²) in [5.41, 5.74) is 1.03. The molecule has 0 aliphatic rings. The Kier molecular flexibility index (Phi) is 10.9. The van der Waals surface area contributed by atoms with Gasteiger partial charge in [0.25, 0.3) is 0 Å². The van der Waals surface area contributed by atoms with Crippen LogP contribution in [-0.4, -0.2) is 43.3 Å². The van der Waals surface area contributed by atoms with Gasteiger partial charge >= 0.3 is 0 Å². The second-order valence-corrected chi connectivity index (χ2v) is 7.15. The van der Waals surface area contributed by atoms with E-state index in [0.29, 0.717) is 38.3 Å². The lowest BCUT2D eigenvalue weighted by Crippen LogP contribution is -2.33. The average Bonchev–Trinajstić information content (AvgIpc) is 2.74. The second kappa shape index (κ2) is 13.7. The van der Waals surface area contributed by atoms with Gasteiger partial charge in [0.2, 0.25) is 0 Å². The summed E-state index contributed by atoms with van der Waals surface area (Å²) in [6.07, 6.45) is 3.81. The summed E-state index contributed by atoms with van der Waals surface area (Å²) in [6, 6.07) is 17.1. The molecule has 29 heavy (non-hydrogen) atoms. The lowest BCUT2D eigenvalue weighted by Gasteiger charge is -2.13. The van der Waals surface area contributed by atoms with Crippen molar-refractivity contribution in [3.63, 3.8) is 0 Å². The standard InChI is InChI=1S/C24H33NO4/c1-2-3-5-8-21(26)17-20-11-13-24(14-12-20)28-16-15-25-18-22(27)19-29-23-9-6-4-7-10-23/h4,6-7,9-14,22,25,27H,2-3,5,8,15-19H2,1H3. The Labute approximate surface area is 174 Å². The lowest BCUT2D eigenvalue weighted by molar-refractivity contribution is -0.118. The van der Waals surface area contributed by atoms with Crippen molar-refractivity contribution in [3.05, 3.63) is 60.2 Å². The van der Waals surface area contributed by atoms with E-state index in [-0.39, 0.29) is 6.61 Å². The molecule has 0 aliphatic heterocycles. The summed E-state index contributed by atoms with van der Waals surface area (Å²) >= 11 is 0. The van der Waals surface area contributed by atoms with E-state index in [1.165, 1.54) is 0 Å².